The van der Waals surface area contributed by atoms with Gasteiger partial charge in [0.2, 0.25) is 0 Å². The predicted molar refractivity (Wildman–Crippen MR) is 91.4 cm³/mol. The molecule has 0 atom stereocenters. The predicted octanol–water partition coefficient (Wildman–Crippen LogP) is 3.85. The Morgan fingerprint density at radius 3 is 2.21 bits per heavy atom. The van der Waals surface area contributed by atoms with Gasteiger partial charge in [-0.05, 0) is 49.2 Å². The molecule has 0 aromatic heterocycles. The zero-order valence-electron chi connectivity index (χ0n) is 13.4. The average Bonchev–Trinajstić information content (AvgIpc) is 2.59. The lowest BCUT2D eigenvalue weighted by atomic mass is 10.2. The van der Waals surface area contributed by atoms with Crippen LogP contribution in [0.25, 0.3) is 0 Å². The largest absolute Gasteiger partial charge is 0.481 e. The second-order valence-electron chi connectivity index (χ2n) is 5.40. The van der Waals surface area contributed by atoms with E-state index in [2.05, 4.69) is 5.32 Å². The lowest BCUT2D eigenvalue weighted by Crippen LogP contribution is -2.24. The highest BCUT2D eigenvalue weighted by atomic mass is 16.5. The zero-order valence-corrected chi connectivity index (χ0v) is 13.4. The molecule has 0 unspecified atom stereocenters. The SMILES string of the molecule is O=C(O)CCCCCNC(=O)c1ccc(Oc2ccccc2)cc1. The van der Waals surface area contributed by atoms with Crippen molar-refractivity contribution in [1.82, 2.24) is 5.32 Å². The second kappa shape index (κ2) is 9.35. The molecule has 0 aliphatic carbocycles. The minimum atomic E-state index is -0.781. The normalized spacial score (nSPS) is 10.2. The van der Waals surface area contributed by atoms with E-state index in [9.17, 15) is 9.59 Å². The Bertz CT molecular complexity index is 653. The van der Waals surface area contributed by atoms with Crippen LogP contribution in [0.4, 0.5) is 0 Å². The number of amides is 1. The van der Waals surface area contributed by atoms with Crippen molar-refractivity contribution in [2.24, 2.45) is 0 Å². The van der Waals surface area contributed by atoms with Gasteiger partial charge in [-0.25, -0.2) is 0 Å². The summed E-state index contributed by atoms with van der Waals surface area (Å²) in [7, 11) is 0. The molecule has 0 fully saturated rings. The van der Waals surface area contributed by atoms with Gasteiger partial charge in [-0.3, -0.25) is 9.59 Å². The minimum absolute atomic E-state index is 0.139. The third kappa shape index (κ3) is 6.12. The number of carbonyl (C=O) groups is 2. The van der Waals surface area contributed by atoms with E-state index in [4.69, 9.17) is 9.84 Å². The first-order chi connectivity index (χ1) is 11.6. The van der Waals surface area contributed by atoms with Crippen molar-refractivity contribution in [2.45, 2.75) is 25.7 Å². The summed E-state index contributed by atoms with van der Waals surface area (Å²) < 4.78 is 5.68. The van der Waals surface area contributed by atoms with Crippen molar-refractivity contribution in [3.63, 3.8) is 0 Å². The highest BCUT2D eigenvalue weighted by Gasteiger charge is 2.05. The van der Waals surface area contributed by atoms with Crippen molar-refractivity contribution < 1.29 is 19.4 Å². The number of carboxylic acids is 1. The lowest BCUT2D eigenvalue weighted by molar-refractivity contribution is -0.137. The van der Waals surface area contributed by atoms with Gasteiger partial charge in [-0.1, -0.05) is 24.6 Å². The van der Waals surface area contributed by atoms with Gasteiger partial charge in [0.15, 0.2) is 0 Å². The Kier molecular flexibility index (Phi) is 6.83. The summed E-state index contributed by atoms with van der Waals surface area (Å²) in [5, 5.41) is 11.4. The summed E-state index contributed by atoms with van der Waals surface area (Å²) in [6, 6.07) is 16.4. The Labute approximate surface area is 141 Å². The molecule has 5 heteroatoms. The van der Waals surface area contributed by atoms with Crippen LogP contribution in [0.2, 0.25) is 0 Å². The number of ether oxygens (including phenoxy) is 1. The van der Waals surface area contributed by atoms with E-state index in [0.29, 0.717) is 24.3 Å². The molecule has 2 rings (SSSR count). The average molecular weight is 327 g/mol. The molecule has 0 spiro atoms. The van der Waals surface area contributed by atoms with Crippen LogP contribution >= 0.6 is 0 Å². The number of carboxylic acid groups (broad SMARTS) is 1. The topological polar surface area (TPSA) is 75.6 Å². The smallest absolute Gasteiger partial charge is 0.303 e. The molecule has 126 valence electrons. The fourth-order valence-corrected chi connectivity index (χ4v) is 2.18. The molecule has 5 nitrogen and oxygen atoms in total. The third-order valence-corrected chi connectivity index (χ3v) is 3.45. The number of unbranched alkanes of at least 4 members (excludes halogenated alkanes) is 2. The quantitative estimate of drug-likeness (QED) is 0.686. The molecule has 2 aromatic rings. The monoisotopic (exact) mass is 327 g/mol. The maximum absolute atomic E-state index is 12.0. The Morgan fingerprint density at radius 2 is 1.54 bits per heavy atom. The molecule has 0 heterocycles. The highest BCUT2D eigenvalue weighted by molar-refractivity contribution is 5.94. The van der Waals surface area contributed by atoms with E-state index in [-0.39, 0.29) is 12.3 Å². The van der Waals surface area contributed by atoms with Crippen molar-refractivity contribution in [3.05, 3.63) is 60.2 Å². The maximum atomic E-state index is 12.0. The number of benzene rings is 2. The van der Waals surface area contributed by atoms with Crippen LogP contribution < -0.4 is 10.1 Å². The minimum Gasteiger partial charge on any atom is -0.481 e. The summed E-state index contributed by atoms with van der Waals surface area (Å²) in [4.78, 5) is 22.4. The molecule has 2 N–H and O–H groups in total. The Morgan fingerprint density at radius 1 is 0.875 bits per heavy atom. The number of nitrogens with one attached hydrogen (secondary N) is 1. The fraction of sp³-hybridized carbons (Fsp3) is 0.263. The maximum Gasteiger partial charge on any atom is 0.303 e. The summed E-state index contributed by atoms with van der Waals surface area (Å²) in [5.41, 5.74) is 0.570. The van der Waals surface area contributed by atoms with Gasteiger partial charge in [0, 0.05) is 18.5 Å². The standard InChI is InChI=1S/C19H21NO4/c21-18(22)9-5-2-6-14-20-19(23)15-10-12-17(13-11-15)24-16-7-3-1-4-8-16/h1,3-4,7-8,10-13H,2,5-6,9,14H2,(H,20,23)(H,21,22). The molecular formula is C19H21NO4. The summed E-state index contributed by atoms with van der Waals surface area (Å²) >= 11 is 0. The summed E-state index contributed by atoms with van der Waals surface area (Å²) in [6.07, 6.45) is 2.37. The van der Waals surface area contributed by atoms with Gasteiger partial charge in [0.1, 0.15) is 11.5 Å². The molecule has 0 bridgehead atoms. The molecule has 1 amide bonds. The molecule has 0 radical (unpaired) electrons. The summed E-state index contributed by atoms with van der Waals surface area (Å²) in [6.45, 7) is 0.542. The second-order valence-corrected chi connectivity index (χ2v) is 5.40. The number of hydrogen-bond acceptors (Lipinski definition) is 3. The number of para-hydroxylation sites is 1. The first kappa shape index (κ1) is 17.5. The van der Waals surface area contributed by atoms with Crippen LogP contribution in [0.1, 0.15) is 36.0 Å². The lowest BCUT2D eigenvalue weighted by Gasteiger charge is -2.07. The highest BCUT2D eigenvalue weighted by Crippen LogP contribution is 2.21. The van der Waals surface area contributed by atoms with Crippen LogP contribution in [0, 0.1) is 0 Å². The molecule has 24 heavy (non-hydrogen) atoms. The molecule has 0 saturated carbocycles. The summed E-state index contributed by atoms with van der Waals surface area (Å²) in [5.74, 6) is 0.499. The fourth-order valence-electron chi connectivity index (χ4n) is 2.18. The van der Waals surface area contributed by atoms with Crippen LogP contribution in [-0.2, 0) is 4.79 Å². The van der Waals surface area contributed by atoms with Crippen molar-refractivity contribution in [1.29, 1.82) is 0 Å². The number of aliphatic carboxylic acids is 1. The van der Waals surface area contributed by atoms with Gasteiger partial charge in [-0.15, -0.1) is 0 Å². The van der Waals surface area contributed by atoms with Gasteiger partial charge >= 0.3 is 5.97 Å². The van der Waals surface area contributed by atoms with Crippen LogP contribution in [-0.4, -0.2) is 23.5 Å². The molecular weight excluding hydrogens is 306 g/mol. The Hall–Kier alpha value is -2.82. The van der Waals surface area contributed by atoms with Gasteiger partial charge < -0.3 is 15.2 Å². The van der Waals surface area contributed by atoms with Crippen molar-refractivity contribution in [3.8, 4) is 11.5 Å². The van der Waals surface area contributed by atoms with Crippen LogP contribution in [0.5, 0.6) is 11.5 Å². The van der Waals surface area contributed by atoms with Crippen LogP contribution in [0.3, 0.4) is 0 Å². The first-order valence-corrected chi connectivity index (χ1v) is 7.98. The van der Waals surface area contributed by atoms with Crippen LogP contribution in [0.15, 0.2) is 54.6 Å². The van der Waals surface area contributed by atoms with E-state index in [1.165, 1.54) is 0 Å². The molecule has 0 aliphatic heterocycles. The molecule has 0 aliphatic rings. The number of hydrogen-bond donors (Lipinski definition) is 2. The van der Waals surface area contributed by atoms with E-state index < -0.39 is 5.97 Å². The molecule has 0 saturated heterocycles. The number of carbonyl (C=O) groups excluding carboxylic acids is 1. The van der Waals surface area contributed by atoms with E-state index in [1.54, 1.807) is 24.3 Å². The van der Waals surface area contributed by atoms with E-state index >= 15 is 0 Å². The first-order valence-electron chi connectivity index (χ1n) is 7.98. The van der Waals surface area contributed by atoms with Gasteiger partial charge in [0.05, 0.1) is 0 Å². The Balaban J connectivity index is 1.74. The van der Waals surface area contributed by atoms with E-state index in [1.807, 2.05) is 30.3 Å². The van der Waals surface area contributed by atoms with Gasteiger partial charge in [0.25, 0.3) is 5.91 Å². The van der Waals surface area contributed by atoms with Crippen molar-refractivity contribution >= 4 is 11.9 Å². The van der Waals surface area contributed by atoms with Gasteiger partial charge in [-0.2, -0.15) is 0 Å². The van der Waals surface area contributed by atoms with E-state index in [0.717, 1.165) is 18.6 Å². The van der Waals surface area contributed by atoms with Crippen molar-refractivity contribution in [2.75, 3.05) is 6.54 Å². The number of rotatable bonds is 9. The molecule has 2 aromatic carbocycles. The zero-order chi connectivity index (χ0) is 17.2. The third-order valence-electron chi connectivity index (χ3n) is 3.45.